The van der Waals surface area contributed by atoms with Gasteiger partial charge in [-0.2, -0.15) is 5.26 Å². The van der Waals surface area contributed by atoms with E-state index in [1.807, 2.05) is 36.4 Å². The van der Waals surface area contributed by atoms with E-state index in [0.29, 0.717) is 22.3 Å². The maximum absolute atomic E-state index is 12.9. The highest BCUT2D eigenvalue weighted by Gasteiger charge is 2.30. The average Bonchev–Trinajstić information content (AvgIpc) is 3.18. The van der Waals surface area contributed by atoms with E-state index >= 15 is 0 Å². The first-order chi connectivity index (χ1) is 16.9. The molecule has 1 aliphatic heterocycles. The van der Waals surface area contributed by atoms with E-state index in [1.54, 1.807) is 25.1 Å². The second kappa shape index (κ2) is 10.1. The predicted molar refractivity (Wildman–Crippen MR) is 125 cm³/mol. The molecule has 176 valence electrons. The Morgan fingerprint density at radius 2 is 1.89 bits per heavy atom. The van der Waals surface area contributed by atoms with Gasteiger partial charge in [0.15, 0.2) is 12.4 Å². The molecule has 0 radical (unpaired) electrons. The van der Waals surface area contributed by atoms with E-state index in [2.05, 4.69) is 0 Å². The lowest BCUT2D eigenvalue weighted by Gasteiger charge is -2.16. The maximum Gasteiger partial charge on any atom is 0.344 e. The predicted octanol–water partition coefficient (Wildman–Crippen LogP) is 3.53. The molecular formula is C27H22N2O6. The van der Waals surface area contributed by atoms with E-state index in [0.717, 1.165) is 5.56 Å². The lowest BCUT2D eigenvalue weighted by atomic mass is 10.0. The lowest BCUT2D eigenvalue weighted by Crippen LogP contribution is -2.30. The Hall–Kier alpha value is -4.64. The first-order valence-electron chi connectivity index (χ1n) is 10.9. The molecule has 3 aromatic rings. The summed E-state index contributed by atoms with van der Waals surface area (Å²) in [6.07, 6.45) is 0. The monoisotopic (exact) mass is 470 g/mol. The van der Waals surface area contributed by atoms with Crippen LogP contribution in [0.4, 0.5) is 0 Å². The number of benzene rings is 3. The van der Waals surface area contributed by atoms with Crippen LogP contribution in [0.1, 0.15) is 43.0 Å². The number of carbonyl (C=O) groups is 3. The van der Waals surface area contributed by atoms with E-state index < -0.39 is 11.8 Å². The highest BCUT2D eigenvalue weighted by atomic mass is 16.6. The standard InChI is InChI=1S/C27H22N2O6/c1-17-24(34-16-25(31)35-15-18-5-3-2-4-6-18)10-9-22(26(17)32)23(30)14-29-13-20-11-19(12-28)7-8-21(20)27(29)33/h2-11,32H,13-16H2,1H3. The van der Waals surface area contributed by atoms with E-state index in [9.17, 15) is 19.5 Å². The summed E-state index contributed by atoms with van der Waals surface area (Å²) in [6, 6.07) is 18.9. The summed E-state index contributed by atoms with van der Waals surface area (Å²) >= 11 is 0. The van der Waals surface area contributed by atoms with Crippen LogP contribution in [0.5, 0.6) is 11.5 Å². The number of aromatic hydroxyl groups is 1. The molecule has 0 atom stereocenters. The van der Waals surface area contributed by atoms with Gasteiger partial charge in [-0.15, -0.1) is 0 Å². The molecule has 0 saturated carbocycles. The number of ketones is 1. The summed E-state index contributed by atoms with van der Waals surface area (Å²) < 4.78 is 10.7. The molecule has 0 unspecified atom stereocenters. The van der Waals surface area contributed by atoms with Crippen LogP contribution in [-0.4, -0.2) is 40.8 Å². The normalized spacial score (nSPS) is 12.1. The largest absolute Gasteiger partial charge is 0.507 e. The Morgan fingerprint density at radius 1 is 1.11 bits per heavy atom. The molecule has 35 heavy (non-hydrogen) atoms. The Bertz CT molecular complexity index is 1340. The zero-order chi connectivity index (χ0) is 24.9. The molecule has 1 amide bonds. The molecule has 1 N–H and O–H groups in total. The fourth-order valence-corrected chi connectivity index (χ4v) is 3.82. The van der Waals surface area contributed by atoms with Gasteiger partial charge in [-0.05, 0) is 48.4 Å². The quantitative estimate of drug-likeness (QED) is 0.395. The van der Waals surface area contributed by atoms with Gasteiger partial charge in [-0.1, -0.05) is 30.3 Å². The molecule has 1 aliphatic rings. The van der Waals surface area contributed by atoms with Crippen LogP contribution in [0.2, 0.25) is 0 Å². The molecule has 4 rings (SSSR count). The summed E-state index contributed by atoms with van der Waals surface area (Å²) in [5.41, 5.74) is 2.77. The zero-order valence-electron chi connectivity index (χ0n) is 19.0. The Kier molecular flexibility index (Phi) is 6.78. The molecule has 0 bridgehead atoms. The van der Waals surface area contributed by atoms with Crippen LogP contribution in [-0.2, 0) is 22.7 Å². The van der Waals surface area contributed by atoms with Gasteiger partial charge in [0, 0.05) is 17.7 Å². The Balaban J connectivity index is 1.36. The van der Waals surface area contributed by atoms with Crippen molar-refractivity contribution >= 4 is 17.7 Å². The molecule has 8 nitrogen and oxygen atoms in total. The molecule has 0 aliphatic carbocycles. The SMILES string of the molecule is Cc1c(OCC(=O)OCc2ccccc2)ccc(C(=O)CN2Cc3cc(C#N)ccc3C2=O)c1O. The number of nitrogens with zero attached hydrogens (tertiary/aromatic N) is 2. The van der Waals surface area contributed by atoms with E-state index in [4.69, 9.17) is 14.7 Å². The van der Waals surface area contributed by atoms with E-state index in [-0.39, 0.29) is 49.3 Å². The van der Waals surface area contributed by atoms with Crippen molar-refractivity contribution < 1.29 is 29.0 Å². The van der Waals surface area contributed by atoms with Gasteiger partial charge >= 0.3 is 5.97 Å². The highest BCUT2D eigenvalue weighted by molar-refractivity contribution is 6.05. The van der Waals surface area contributed by atoms with Gasteiger partial charge in [0.2, 0.25) is 0 Å². The van der Waals surface area contributed by atoms with Crippen molar-refractivity contribution in [2.45, 2.75) is 20.1 Å². The van der Waals surface area contributed by atoms with Crippen LogP contribution in [0, 0.1) is 18.3 Å². The van der Waals surface area contributed by atoms with Crippen LogP contribution in [0.25, 0.3) is 0 Å². The third-order valence-corrected chi connectivity index (χ3v) is 5.72. The Labute approximate surface area is 201 Å². The summed E-state index contributed by atoms with van der Waals surface area (Å²) in [5.74, 6) is -1.35. The minimum atomic E-state index is -0.570. The summed E-state index contributed by atoms with van der Waals surface area (Å²) in [4.78, 5) is 38.9. The number of fused-ring (bicyclic) bond motifs is 1. The summed E-state index contributed by atoms with van der Waals surface area (Å²) in [6.45, 7) is 1.32. The van der Waals surface area contributed by atoms with Crippen molar-refractivity contribution in [2.24, 2.45) is 0 Å². The van der Waals surface area contributed by atoms with Gasteiger partial charge < -0.3 is 19.5 Å². The third-order valence-electron chi connectivity index (χ3n) is 5.72. The number of phenolic OH excluding ortho intramolecular Hbond substituents is 1. The van der Waals surface area contributed by atoms with Gasteiger partial charge in [-0.3, -0.25) is 9.59 Å². The minimum absolute atomic E-state index is 0.0444. The van der Waals surface area contributed by atoms with Crippen molar-refractivity contribution in [1.29, 1.82) is 5.26 Å². The second-order valence-corrected chi connectivity index (χ2v) is 8.09. The molecule has 3 aromatic carbocycles. The second-order valence-electron chi connectivity index (χ2n) is 8.09. The maximum atomic E-state index is 12.9. The first kappa shape index (κ1) is 23.5. The number of nitriles is 1. The molecule has 1 heterocycles. The zero-order valence-corrected chi connectivity index (χ0v) is 19.0. The minimum Gasteiger partial charge on any atom is -0.507 e. The number of hydrogen-bond donors (Lipinski definition) is 1. The van der Waals surface area contributed by atoms with Gasteiger partial charge in [0.25, 0.3) is 5.91 Å². The smallest absolute Gasteiger partial charge is 0.344 e. The van der Waals surface area contributed by atoms with Crippen LogP contribution >= 0.6 is 0 Å². The third kappa shape index (κ3) is 5.14. The van der Waals surface area contributed by atoms with Crippen molar-refractivity contribution in [1.82, 2.24) is 4.90 Å². The molecule has 0 aromatic heterocycles. The molecule has 0 saturated heterocycles. The number of Topliss-reactive ketones (excluding diaryl/α,β-unsaturated/α-hetero) is 1. The molecular weight excluding hydrogens is 448 g/mol. The number of amides is 1. The first-order valence-corrected chi connectivity index (χ1v) is 10.9. The number of phenols is 1. The Morgan fingerprint density at radius 3 is 2.63 bits per heavy atom. The topological polar surface area (TPSA) is 117 Å². The fourth-order valence-electron chi connectivity index (χ4n) is 3.82. The number of ether oxygens (including phenoxy) is 2. The van der Waals surface area contributed by atoms with Crippen molar-refractivity contribution in [3.63, 3.8) is 0 Å². The molecule has 8 heteroatoms. The average molecular weight is 470 g/mol. The number of rotatable bonds is 8. The van der Waals surface area contributed by atoms with Crippen molar-refractivity contribution in [2.75, 3.05) is 13.2 Å². The van der Waals surface area contributed by atoms with Crippen LogP contribution in [0.15, 0.2) is 60.7 Å². The number of hydrogen-bond acceptors (Lipinski definition) is 7. The number of esters is 1. The van der Waals surface area contributed by atoms with Gasteiger partial charge in [0.05, 0.1) is 23.7 Å². The lowest BCUT2D eigenvalue weighted by molar-refractivity contribution is -0.147. The molecule has 0 spiro atoms. The van der Waals surface area contributed by atoms with Crippen molar-refractivity contribution in [3.8, 4) is 17.6 Å². The van der Waals surface area contributed by atoms with Gasteiger partial charge in [0.1, 0.15) is 18.1 Å². The molecule has 0 fully saturated rings. The summed E-state index contributed by atoms with van der Waals surface area (Å²) in [5, 5.41) is 19.6. The van der Waals surface area contributed by atoms with Crippen molar-refractivity contribution in [3.05, 3.63) is 94.0 Å². The van der Waals surface area contributed by atoms with Gasteiger partial charge in [-0.25, -0.2) is 4.79 Å². The number of carbonyl (C=O) groups excluding carboxylic acids is 3. The summed E-state index contributed by atoms with van der Waals surface area (Å²) in [7, 11) is 0. The van der Waals surface area contributed by atoms with Crippen LogP contribution < -0.4 is 4.74 Å². The highest BCUT2D eigenvalue weighted by Crippen LogP contribution is 2.32. The van der Waals surface area contributed by atoms with E-state index in [1.165, 1.54) is 17.0 Å². The fraction of sp³-hybridized carbons (Fsp3) is 0.185. The van der Waals surface area contributed by atoms with Crippen LogP contribution in [0.3, 0.4) is 0 Å².